The SMILES string of the molecule is COc1cc(-c2ccc(N3CCN(S(=O)(=O)c4ccc(Cl)s4)CC3)nn2)cc(OC)c1OC. The zero-order valence-corrected chi connectivity index (χ0v) is 20.7. The van der Waals surface area contributed by atoms with E-state index in [0.29, 0.717) is 59.3 Å². The van der Waals surface area contributed by atoms with Crippen molar-refractivity contribution in [2.24, 2.45) is 0 Å². The summed E-state index contributed by atoms with van der Waals surface area (Å²) in [6.07, 6.45) is 0. The number of ether oxygens (including phenoxy) is 3. The first kappa shape index (κ1) is 23.6. The highest BCUT2D eigenvalue weighted by atomic mass is 35.5. The molecule has 9 nitrogen and oxygen atoms in total. The average Bonchev–Trinajstić information content (AvgIpc) is 3.30. The molecule has 0 aliphatic carbocycles. The van der Waals surface area contributed by atoms with Crippen LogP contribution in [0.15, 0.2) is 40.6 Å². The summed E-state index contributed by atoms with van der Waals surface area (Å²) in [7, 11) is 1.13. The van der Waals surface area contributed by atoms with Crippen LogP contribution in [0.1, 0.15) is 0 Å². The number of hydrogen-bond acceptors (Lipinski definition) is 9. The standard InChI is InChI=1S/C21H23ClN4O5S2/c1-29-16-12-14(13-17(30-2)21(16)31-3)15-4-6-19(24-23-15)25-8-10-26(11-9-25)33(27,28)20-7-5-18(22)32-20/h4-7,12-13H,8-11H2,1-3H3. The fourth-order valence-electron chi connectivity index (χ4n) is 3.60. The van der Waals surface area contributed by atoms with E-state index in [1.807, 2.05) is 29.2 Å². The lowest BCUT2D eigenvalue weighted by Gasteiger charge is -2.34. The molecule has 1 aliphatic rings. The molecule has 12 heteroatoms. The molecule has 1 aliphatic heterocycles. The van der Waals surface area contributed by atoms with Crippen molar-refractivity contribution in [3.8, 4) is 28.5 Å². The number of halogens is 1. The highest BCUT2D eigenvalue weighted by Crippen LogP contribution is 2.40. The number of benzene rings is 1. The van der Waals surface area contributed by atoms with Gasteiger partial charge in [0.2, 0.25) is 5.75 Å². The molecule has 3 aromatic rings. The molecule has 3 heterocycles. The smallest absolute Gasteiger partial charge is 0.252 e. The van der Waals surface area contributed by atoms with Crippen molar-refractivity contribution in [1.82, 2.24) is 14.5 Å². The van der Waals surface area contributed by atoms with Crippen molar-refractivity contribution < 1.29 is 22.6 Å². The monoisotopic (exact) mass is 510 g/mol. The molecule has 4 rings (SSSR count). The Hall–Kier alpha value is -2.60. The maximum Gasteiger partial charge on any atom is 0.252 e. The second kappa shape index (κ2) is 9.72. The van der Waals surface area contributed by atoms with E-state index in [1.54, 1.807) is 33.5 Å². The molecular formula is C21H23ClN4O5S2. The summed E-state index contributed by atoms with van der Waals surface area (Å²) in [5, 5.41) is 8.72. The summed E-state index contributed by atoms with van der Waals surface area (Å²) in [5.74, 6) is 2.25. The summed E-state index contributed by atoms with van der Waals surface area (Å²) in [5.41, 5.74) is 1.42. The molecule has 1 saturated heterocycles. The van der Waals surface area contributed by atoms with Gasteiger partial charge in [-0.05, 0) is 36.4 Å². The van der Waals surface area contributed by atoms with Gasteiger partial charge >= 0.3 is 0 Å². The molecule has 0 N–H and O–H groups in total. The van der Waals surface area contributed by atoms with Crippen LogP contribution < -0.4 is 19.1 Å². The highest BCUT2D eigenvalue weighted by molar-refractivity contribution is 7.91. The van der Waals surface area contributed by atoms with Gasteiger partial charge in [0.05, 0.1) is 31.4 Å². The molecule has 0 atom stereocenters. The lowest BCUT2D eigenvalue weighted by Crippen LogP contribution is -2.48. The lowest BCUT2D eigenvalue weighted by molar-refractivity contribution is 0.324. The van der Waals surface area contributed by atoms with Gasteiger partial charge in [-0.15, -0.1) is 21.5 Å². The number of piperazine rings is 1. The predicted molar refractivity (Wildman–Crippen MR) is 127 cm³/mol. The fraction of sp³-hybridized carbons (Fsp3) is 0.333. The lowest BCUT2D eigenvalue weighted by atomic mass is 10.1. The maximum atomic E-state index is 12.8. The topological polar surface area (TPSA) is 94.1 Å². The van der Waals surface area contributed by atoms with Gasteiger partial charge in [-0.2, -0.15) is 4.31 Å². The number of hydrogen-bond donors (Lipinski definition) is 0. The summed E-state index contributed by atoms with van der Waals surface area (Å²) < 4.78 is 44.0. The van der Waals surface area contributed by atoms with Gasteiger partial charge in [-0.25, -0.2) is 8.42 Å². The molecule has 1 fully saturated rings. The minimum atomic E-state index is -3.54. The van der Waals surface area contributed by atoms with Crippen LogP contribution in [-0.2, 0) is 10.0 Å². The Bertz CT molecular complexity index is 1200. The zero-order valence-electron chi connectivity index (χ0n) is 18.3. The van der Waals surface area contributed by atoms with Gasteiger partial charge in [0.25, 0.3) is 10.0 Å². The number of anilines is 1. The molecule has 2 aromatic heterocycles. The third-order valence-corrected chi connectivity index (χ3v) is 8.91. The number of methoxy groups -OCH3 is 3. The summed E-state index contributed by atoms with van der Waals surface area (Å²) >= 11 is 6.97. The van der Waals surface area contributed by atoms with Crippen LogP contribution in [0.3, 0.4) is 0 Å². The fourth-order valence-corrected chi connectivity index (χ4v) is 6.66. The van der Waals surface area contributed by atoms with E-state index in [2.05, 4.69) is 10.2 Å². The second-order valence-corrected chi connectivity index (χ2v) is 11.0. The van der Waals surface area contributed by atoms with Crippen LogP contribution in [-0.4, -0.2) is 70.4 Å². The van der Waals surface area contributed by atoms with Gasteiger partial charge in [0.15, 0.2) is 17.3 Å². The van der Waals surface area contributed by atoms with Crippen LogP contribution in [0.2, 0.25) is 4.34 Å². The molecule has 0 amide bonds. The van der Waals surface area contributed by atoms with Crippen molar-refractivity contribution in [3.63, 3.8) is 0 Å². The van der Waals surface area contributed by atoms with Crippen LogP contribution in [0.25, 0.3) is 11.3 Å². The molecule has 0 saturated carbocycles. The second-order valence-electron chi connectivity index (χ2n) is 7.14. The van der Waals surface area contributed by atoms with Gasteiger partial charge in [0.1, 0.15) is 4.21 Å². The Labute approximate surface area is 201 Å². The van der Waals surface area contributed by atoms with Crippen molar-refractivity contribution in [1.29, 1.82) is 0 Å². The summed E-state index contributed by atoms with van der Waals surface area (Å²) in [6, 6.07) is 10.5. The molecule has 176 valence electrons. The Kier molecular flexibility index (Phi) is 6.94. The molecule has 0 spiro atoms. The minimum absolute atomic E-state index is 0.260. The Morgan fingerprint density at radius 2 is 1.58 bits per heavy atom. The van der Waals surface area contributed by atoms with Crippen molar-refractivity contribution in [2.45, 2.75) is 4.21 Å². The minimum Gasteiger partial charge on any atom is -0.493 e. The first-order valence-electron chi connectivity index (χ1n) is 10.0. The van der Waals surface area contributed by atoms with Crippen LogP contribution in [0.4, 0.5) is 5.82 Å². The normalized spacial score (nSPS) is 14.8. The van der Waals surface area contributed by atoms with Crippen molar-refractivity contribution in [2.75, 3.05) is 52.4 Å². The van der Waals surface area contributed by atoms with Crippen LogP contribution >= 0.6 is 22.9 Å². The number of nitrogens with zero attached hydrogens (tertiary/aromatic N) is 4. The van der Waals surface area contributed by atoms with Crippen molar-refractivity contribution in [3.05, 3.63) is 40.7 Å². The number of rotatable bonds is 7. The maximum absolute atomic E-state index is 12.8. The van der Waals surface area contributed by atoms with E-state index in [1.165, 1.54) is 4.31 Å². The molecule has 0 unspecified atom stereocenters. The average molecular weight is 511 g/mol. The Morgan fingerprint density at radius 1 is 0.909 bits per heavy atom. The highest BCUT2D eigenvalue weighted by Gasteiger charge is 2.30. The van der Waals surface area contributed by atoms with E-state index in [-0.39, 0.29) is 4.21 Å². The van der Waals surface area contributed by atoms with Gasteiger partial charge in [-0.3, -0.25) is 0 Å². The van der Waals surface area contributed by atoms with E-state index in [0.717, 1.165) is 16.9 Å². The Balaban J connectivity index is 1.48. The van der Waals surface area contributed by atoms with Crippen molar-refractivity contribution >= 4 is 38.8 Å². The Morgan fingerprint density at radius 3 is 2.06 bits per heavy atom. The summed E-state index contributed by atoms with van der Waals surface area (Å²) in [6.45, 7) is 1.73. The predicted octanol–water partition coefficient (Wildman–Crippen LogP) is 3.40. The van der Waals surface area contributed by atoms with E-state index in [9.17, 15) is 8.42 Å². The number of sulfonamides is 1. The largest absolute Gasteiger partial charge is 0.493 e. The number of aromatic nitrogens is 2. The third kappa shape index (κ3) is 4.72. The van der Waals surface area contributed by atoms with Gasteiger partial charge in [0, 0.05) is 31.7 Å². The van der Waals surface area contributed by atoms with Gasteiger partial charge < -0.3 is 19.1 Å². The summed E-state index contributed by atoms with van der Waals surface area (Å²) in [4.78, 5) is 2.01. The first-order valence-corrected chi connectivity index (χ1v) is 12.7. The molecular weight excluding hydrogens is 488 g/mol. The van der Waals surface area contributed by atoms with Crippen LogP contribution in [0, 0.1) is 0 Å². The number of thiophene rings is 1. The third-order valence-electron chi connectivity index (χ3n) is 5.32. The van der Waals surface area contributed by atoms with Crippen LogP contribution in [0.5, 0.6) is 17.2 Å². The molecule has 0 bridgehead atoms. The molecule has 1 aromatic carbocycles. The quantitative estimate of drug-likeness (QED) is 0.477. The van der Waals surface area contributed by atoms with E-state index in [4.69, 9.17) is 25.8 Å². The molecule has 0 radical (unpaired) electrons. The van der Waals surface area contributed by atoms with E-state index < -0.39 is 10.0 Å². The zero-order chi connectivity index (χ0) is 23.6. The van der Waals surface area contributed by atoms with Gasteiger partial charge in [-0.1, -0.05) is 11.6 Å². The molecule has 33 heavy (non-hydrogen) atoms. The first-order chi connectivity index (χ1) is 15.9. The van der Waals surface area contributed by atoms with E-state index >= 15 is 0 Å².